The van der Waals surface area contributed by atoms with Crippen LogP contribution in [0.2, 0.25) is 0 Å². The molecule has 1 heterocycles. The van der Waals surface area contributed by atoms with Gasteiger partial charge in [0, 0.05) is 30.5 Å². The first kappa shape index (κ1) is 29.0. The Morgan fingerprint density at radius 1 is 0.872 bits per heavy atom. The number of benzene rings is 2. The number of nitrogens with zero attached hydrogens (tertiary/aromatic N) is 1. The van der Waals surface area contributed by atoms with Crippen molar-refractivity contribution in [1.29, 1.82) is 0 Å². The number of methoxy groups -OCH3 is 1. The van der Waals surface area contributed by atoms with E-state index in [1.807, 2.05) is 0 Å². The number of pyridine rings is 1. The lowest BCUT2D eigenvalue weighted by atomic mass is 9.95. The molecule has 2 aromatic carbocycles. The smallest absolute Gasteiger partial charge is 0.308 e. The summed E-state index contributed by atoms with van der Waals surface area (Å²) in [6.07, 6.45) is 1.32. The molecule has 0 aliphatic carbocycles. The first-order chi connectivity index (χ1) is 18.5. The highest BCUT2D eigenvalue weighted by Gasteiger charge is 2.29. The third kappa shape index (κ3) is 7.25. The van der Waals surface area contributed by atoms with Crippen LogP contribution in [0.5, 0.6) is 11.5 Å². The zero-order valence-corrected chi connectivity index (χ0v) is 22.2. The minimum Gasteiger partial charge on any atom is -0.493 e. The second kappa shape index (κ2) is 12.8. The number of halogens is 2. The quantitative estimate of drug-likeness (QED) is 0.385. The average molecular weight is 538 g/mol. The molecule has 0 radical (unpaired) electrons. The molecule has 204 valence electrons. The monoisotopic (exact) mass is 537 g/mol. The van der Waals surface area contributed by atoms with Gasteiger partial charge in [0.15, 0.2) is 11.4 Å². The van der Waals surface area contributed by atoms with Crippen molar-refractivity contribution in [2.24, 2.45) is 5.92 Å². The highest BCUT2D eigenvalue weighted by atomic mass is 19.1. The summed E-state index contributed by atoms with van der Waals surface area (Å²) >= 11 is 0. The molecule has 1 aromatic heterocycles. The molecule has 0 aliphatic rings. The zero-order valence-electron chi connectivity index (χ0n) is 22.2. The molecule has 0 saturated carbocycles. The van der Waals surface area contributed by atoms with Crippen molar-refractivity contribution >= 4 is 23.4 Å². The van der Waals surface area contributed by atoms with Gasteiger partial charge in [-0.1, -0.05) is 38.1 Å². The molecular formula is C29H29F2N3O5. The van der Waals surface area contributed by atoms with Gasteiger partial charge < -0.3 is 20.1 Å². The van der Waals surface area contributed by atoms with Crippen LogP contribution < -0.4 is 20.1 Å². The molecule has 3 rings (SSSR count). The van der Waals surface area contributed by atoms with Crippen molar-refractivity contribution in [3.05, 3.63) is 94.9 Å². The normalized spacial score (nSPS) is 11.4. The van der Waals surface area contributed by atoms with Crippen LogP contribution in [0.4, 0.5) is 8.78 Å². The Morgan fingerprint density at radius 3 is 1.87 bits per heavy atom. The van der Waals surface area contributed by atoms with E-state index in [-0.39, 0.29) is 23.1 Å². The molecule has 39 heavy (non-hydrogen) atoms. The molecular weight excluding hydrogens is 508 g/mol. The van der Waals surface area contributed by atoms with E-state index in [2.05, 4.69) is 15.6 Å². The topological polar surface area (TPSA) is 107 Å². The van der Waals surface area contributed by atoms with Crippen LogP contribution in [-0.4, -0.2) is 35.9 Å². The fourth-order valence-corrected chi connectivity index (χ4v) is 3.90. The number of esters is 1. The van der Waals surface area contributed by atoms with Gasteiger partial charge in [0.2, 0.25) is 11.7 Å². The second-order valence-electron chi connectivity index (χ2n) is 8.98. The van der Waals surface area contributed by atoms with Gasteiger partial charge in [-0.05, 0) is 48.2 Å². The molecule has 0 unspecified atom stereocenters. The zero-order chi connectivity index (χ0) is 28.7. The molecule has 2 amide bonds. The third-order valence-corrected chi connectivity index (χ3v) is 5.74. The summed E-state index contributed by atoms with van der Waals surface area (Å²) in [5, 5.41) is 5.48. The van der Waals surface area contributed by atoms with Crippen LogP contribution in [0.1, 0.15) is 49.3 Å². The van der Waals surface area contributed by atoms with E-state index in [9.17, 15) is 23.2 Å². The Hall–Kier alpha value is -4.60. The van der Waals surface area contributed by atoms with E-state index in [0.717, 1.165) is 0 Å². The molecule has 3 aromatic rings. The van der Waals surface area contributed by atoms with E-state index >= 15 is 0 Å². The second-order valence-corrected chi connectivity index (χ2v) is 8.98. The van der Waals surface area contributed by atoms with E-state index in [1.54, 1.807) is 45.0 Å². The lowest BCUT2D eigenvalue weighted by molar-refractivity contribution is -0.132. The molecule has 0 bridgehead atoms. The fraction of sp³-hybridized carbons (Fsp3) is 0.241. The van der Waals surface area contributed by atoms with E-state index < -0.39 is 35.5 Å². The molecule has 0 spiro atoms. The molecule has 0 saturated heterocycles. The number of nitrogens with one attached hydrogen (secondary N) is 2. The lowest BCUT2D eigenvalue weighted by Crippen LogP contribution is -2.49. The molecule has 0 fully saturated rings. The van der Waals surface area contributed by atoms with Crippen molar-refractivity contribution in [2.45, 2.75) is 33.7 Å². The van der Waals surface area contributed by atoms with Crippen molar-refractivity contribution in [1.82, 2.24) is 15.6 Å². The van der Waals surface area contributed by atoms with Gasteiger partial charge >= 0.3 is 5.97 Å². The Kier molecular flexibility index (Phi) is 9.48. The number of rotatable bonds is 9. The maximum absolute atomic E-state index is 13.6. The first-order valence-electron chi connectivity index (χ1n) is 12.1. The number of allylic oxidation sites excluding steroid dienone is 1. The van der Waals surface area contributed by atoms with Gasteiger partial charge in [-0.25, -0.2) is 13.8 Å². The standard InChI is InChI=1S/C29H29F2N3O5/c1-16(2)25(34-29(37)26-27(39-18(4)35)23(38-5)14-15-32-26)28(36)33-17(3)24(19-6-10-21(30)11-7-19)20-8-12-22(31)13-9-20/h6-16,25H,1-5H3,(H,33,36)(H,34,37)/t25-/m0/s1. The minimum absolute atomic E-state index is 0.123. The summed E-state index contributed by atoms with van der Waals surface area (Å²) in [6, 6.07) is 11.8. The summed E-state index contributed by atoms with van der Waals surface area (Å²) in [4.78, 5) is 42.2. The predicted octanol–water partition coefficient (Wildman–Crippen LogP) is 4.64. The molecule has 2 N–H and O–H groups in total. The Bertz CT molecular complexity index is 1340. The van der Waals surface area contributed by atoms with Crippen molar-refractivity contribution in [3.63, 3.8) is 0 Å². The van der Waals surface area contributed by atoms with Crippen molar-refractivity contribution in [2.75, 3.05) is 7.11 Å². The lowest BCUT2D eigenvalue weighted by Gasteiger charge is -2.23. The maximum atomic E-state index is 13.6. The Labute approximate surface area is 225 Å². The molecule has 10 heteroatoms. The number of aromatic nitrogens is 1. The third-order valence-electron chi connectivity index (χ3n) is 5.74. The van der Waals surface area contributed by atoms with Crippen LogP contribution in [0.25, 0.3) is 5.57 Å². The Balaban J connectivity index is 1.95. The molecule has 1 atom stereocenters. The Morgan fingerprint density at radius 2 is 1.41 bits per heavy atom. The van der Waals surface area contributed by atoms with E-state index in [0.29, 0.717) is 22.4 Å². The maximum Gasteiger partial charge on any atom is 0.308 e. The van der Waals surface area contributed by atoms with E-state index in [4.69, 9.17) is 9.47 Å². The summed E-state index contributed by atoms with van der Waals surface area (Å²) in [5.41, 5.74) is 1.91. The van der Waals surface area contributed by atoms with Gasteiger partial charge in [0.25, 0.3) is 5.91 Å². The number of amides is 2. The molecule has 8 nitrogen and oxygen atoms in total. The van der Waals surface area contributed by atoms with E-state index in [1.165, 1.54) is 50.6 Å². The van der Waals surface area contributed by atoms with Gasteiger partial charge in [-0.2, -0.15) is 0 Å². The summed E-state index contributed by atoms with van der Waals surface area (Å²) in [6.45, 7) is 6.32. The predicted molar refractivity (Wildman–Crippen MR) is 141 cm³/mol. The number of hydrogen-bond acceptors (Lipinski definition) is 6. The van der Waals surface area contributed by atoms with Gasteiger partial charge in [-0.3, -0.25) is 14.4 Å². The number of hydrogen-bond donors (Lipinski definition) is 2. The van der Waals surface area contributed by atoms with Crippen molar-refractivity contribution in [3.8, 4) is 11.5 Å². The van der Waals surface area contributed by atoms with Crippen LogP contribution >= 0.6 is 0 Å². The molecule has 0 aliphatic heterocycles. The number of carbonyl (C=O) groups excluding carboxylic acids is 3. The summed E-state index contributed by atoms with van der Waals surface area (Å²) in [5.74, 6) is -3.22. The van der Waals surface area contributed by atoms with Gasteiger partial charge in [-0.15, -0.1) is 0 Å². The SMILES string of the molecule is COc1ccnc(C(=O)N[C@H](C(=O)NC(C)=C(c2ccc(F)cc2)c2ccc(F)cc2)C(C)C)c1OC(C)=O. The average Bonchev–Trinajstić information content (AvgIpc) is 2.89. The number of carbonyl (C=O) groups is 3. The van der Waals surface area contributed by atoms with Crippen LogP contribution in [0.3, 0.4) is 0 Å². The highest BCUT2D eigenvalue weighted by Crippen LogP contribution is 2.30. The first-order valence-corrected chi connectivity index (χ1v) is 12.1. The summed E-state index contributed by atoms with van der Waals surface area (Å²) < 4.78 is 37.5. The van der Waals surface area contributed by atoms with Crippen LogP contribution in [-0.2, 0) is 9.59 Å². The van der Waals surface area contributed by atoms with Gasteiger partial charge in [0.1, 0.15) is 17.7 Å². The minimum atomic E-state index is -1.02. The highest BCUT2D eigenvalue weighted by molar-refractivity contribution is 6.00. The number of ether oxygens (including phenoxy) is 2. The summed E-state index contributed by atoms with van der Waals surface area (Å²) in [7, 11) is 1.35. The van der Waals surface area contributed by atoms with Crippen LogP contribution in [0, 0.1) is 17.6 Å². The fourth-order valence-electron chi connectivity index (χ4n) is 3.90. The van der Waals surface area contributed by atoms with Crippen molar-refractivity contribution < 1.29 is 32.6 Å². The van der Waals surface area contributed by atoms with Crippen LogP contribution in [0.15, 0.2) is 66.5 Å². The van der Waals surface area contributed by atoms with Gasteiger partial charge in [0.05, 0.1) is 7.11 Å². The largest absolute Gasteiger partial charge is 0.493 e.